The molecule has 1 aliphatic rings. The molecular formula is C65H80O16P2. The van der Waals surface area contributed by atoms with E-state index in [4.69, 9.17) is 50.8 Å². The van der Waals surface area contributed by atoms with Crippen LogP contribution in [0, 0.1) is 0 Å². The lowest BCUT2D eigenvalue weighted by Crippen LogP contribution is -2.66. The molecule has 1 aliphatic carbocycles. The van der Waals surface area contributed by atoms with Crippen molar-refractivity contribution >= 4 is 27.6 Å². The van der Waals surface area contributed by atoms with Crippen LogP contribution in [0.5, 0.6) is 11.5 Å². The number of hydrogen-bond acceptors (Lipinski definition) is 16. The highest BCUT2D eigenvalue weighted by molar-refractivity contribution is 7.49. The molecule has 7 rings (SSSR count). The van der Waals surface area contributed by atoms with Crippen molar-refractivity contribution in [3.63, 3.8) is 0 Å². The summed E-state index contributed by atoms with van der Waals surface area (Å²) in [6.45, 7) is 2.52. The molecule has 6 aromatic rings. The quantitative estimate of drug-likeness (QED) is 0.0219. The standard InChI is InChI=1S/C65H80O16P2/c1-3-5-7-9-29-43-58(66)71-49-57(77-59(67)44-30-10-8-6-4-2)50-76-82(69,75-48-54-37-23-14-24-38-54)80-64-61(72-45-51-31-17-11-18-32-51)60(68)62(73-46-52-33-19-12-20-34-52)65(63(64)74-47-53-35-21-13-22-36-53)81-83(70,78-55-39-25-15-26-40-55)79-56-41-27-16-28-42-56/h11-28,31-42,57,60-65,68H,3-10,29-30,43-50H2,1-2H3/t57-,60-,61-,62+,63+,64+,65-,82?/m0/s1. The van der Waals surface area contributed by atoms with Gasteiger partial charge in [0.05, 0.1) is 33.0 Å². The molecule has 1 N–H and O–H groups in total. The van der Waals surface area contributed by atoms with E-state index in [0.717, 1.165) is 56.9 Å². The number of benzene rings is 6. The fourth-order valence-corrected chi connectivity index (χ4v) is 12.0. The number of esters is 2. The van der Waals surface area contributed by atoms with Gasteiger partial charge in [-0.3, -0.25) is 27.7 Å². The molecule has 0 saturated heterocycles. The minimum Gasteiger partial charge on any atom is -0.462 e. The second kappa shape index (κ2) is 35.3. The molecule has 0 amide bonds. The topological polar surface area (TPSA) is 190 Å². The van der Waals surface area contributed by atoms with Gasteiger partial charge in [0.2, 0.25) is 0 Å². The molecule has 0 aromatic heterocycles. The van der Waals surface area contributed by atoms with Crippen molar-refractivity contribution < 1.29 is 74.7 Å². The maximum Gasteiger partial charge on any atom is 0.588 e. The fourth-order valence-electron chi connectivity index (χ4n) is 9.20. The van der Waals surface area contributed by atoms with Gasteiger partial charge in [-0.15, -0.1) is 0 Å². The van der Waals surface area contributed by atoms with Gasteiger partial charge in [0, 0.05) is 12.8 Å². The molecule has 1 unspecified atom stereocenters. The van der Waals surface area contributed by atoms with Crippen LogP contribution < -0.4 is 9.05 Å². The monoisotopic (exact) mass is 1180 g/mol. The Hall–Kier alpha value is -6.00. The van der Waals surface area contributed by atoms with E-state index in [0.29, 0.717) is 29.5 Å². The number of carbonyl (C=O) groups excluding carboxylic acids is 2. The molecule has 0 aliphatic heterocycles. The molecular weight excluding hydrogens is 1100 g/mol. The highest BCUT2D eigenvalue weighted by Crippen LogP contribution is 2.57. The smallest absolute Gasteiger partial charge is 0.462 e. The van der Waals surface area contributed by atoms with Crippen molar-refractivity contribution in [2.75, 3.05) is 13.2 Å². The van der Waals surface area contributed by atoms with Crippen LogP contribution >= 0.6 is 15.6 Å². The number of rotatable bonds is 38. The first-order valence-electron chi connectivity index (χ1n) is 28.9. The summed E-state index contributed by atoms with van der Waals surface area (Å²) in [5.41, 5.74) is 2.71. The fraction of sp³-hybridized carbons (Fsp3) is 0.415. The van der Waals surface area contributed by atoms with Gasteiger partial charge >= 0.3 is 27.6 Å². The number of ether oxygens (including phenoxy) is 5. The van der Waals surface area contributed by atoms with E-state index in [1.807, 2.05) is 97.1 Å². The average molecular weight is 1180 g/mol. The number of hydrogen-bond donors (Lipinski definition) is 1. The molecule has 446 valence electrons. The minimum atomic E-state index is -5.05. The summed E-state index contributed by atoms with van der Waals surface area (Å²) in [6.07, 6.45) is -1.67. The van der Waals surface area contributed by atoms with Crippen molar-refractivity contribution in [1.82, 2.24) is 0 Å². The molecule has 0 bridgehead atoms. The van der Waals surface area contributed by atoms with Crippen LogP contribution in [0.3, 0.4) is 0 Å². The lowest BCUT2D eigenvalue weighted by Gasteiger charge is -2.48. The third-order valence-corrected chi connectivity index (χ3v) is 16.4. The van der Waals surface area contributed by atoms with Crippen LogP contribution in [-0.2, 0) is 86.9 Å². The summed E-state index contributed by atoms with van der Waals surface area (Å²) in [6, 6.07) is 53.1. The zero-order chi connectivity index (χ0) is 58.4. The Kier molecular flexibility index (Phi) is 27.5. The van der Waals surface area contributed by atoms with E-state index in [-0.39, 0.29) is 50.8 Å². The van der Waals surface area contributed by atoms with Gasteiger partial charge in [-0.05, 0) is 59.4 Å². The molecule has 0 heterocycles. The number of phosphoric ester groups is 2. The Balaban J connectivity index is 1.31. The zero-order valence-electron chi connectivity index (χ0n) is 47.6. The summed E-state index contributed by atoms with van der Waals surface area (Å²) in [5, 5.41) is 13.1. The van der Waals surface area contributed by atoms with Crippen LogP contribution in [0.4, 0.5) is 0 Å². The van der Waals surface area contributed by atoms with Gasteiger partial charge in [0.15, 0.2) is 6.10 Å². The van der Waals surface area contributed by atoms with Crippen LogP contribution in [0.2, 0.25) is 0 Å². The average Bonchev–Trinajstić information content (AvgIpc) is 2.20. The Bertz CT molecular complexity index is 2790. The first-order valence-corrected chi connectivity index (χ1v) is 31.8. The normalized spacial score (nSPS) is 19.0. The minimum absolute atomic E-state index is 0.0851. The zero-order valence-corrected chi connectivity index (χ0v) is 49.3. The lowest BCUT2D eigenvalue weighted by atomic mass is 9.84. The third-order valence-electron chi connectivity index (χ3n) is 13.6. The number of unbranched alkanes of at least 4 members (excludes halogenated alkanes) is 8. The van der Waals surface area contributed by atoms with Crippen molar-refractivity contribution in [1.29, 1.82) is 0 Å². The van der Waals surface area contributed by atoms with Crippen molar-refractivity contribution in [2.45, 2.75) is 160 Å². The first kappa shape index (κ1) is 64.6. The predicted molar refractivity (Wildman–Crippen MR) is 315 cm³/mol. The first-order chi connectivity index (χ1) is 40.5. The Labute approximate surface area is 489 Å². The molecule has 6 aromatic carbocycles. The van der Waals surface area contributed by atoms with Crippen molar-refractivity contribution in [2.24, 2.45) is 0 Å². The van der Waals surface area contributed by atoms with E-state index >= 15 is 9.13 Å². The third kappa shape index (κ3) is 22.5. The van der Waals surface area contributed by atoms with Gasteiger partial charge in [-0.1, -0.05) is 223 Å². The maximum absolute atomic E-state index is 16.0. The highest BCUT2D eigenvalue weighted by atomic mass is 31.2. The van der Waals surface area contributed by atoms with Gasteiger partial charge in [-0.25, -0.2) is 9.13 Å². The SMILES string of the molecule is CCCCCCCC(=O)OC[C@@H](COP(=O)(OCc1ccccc1)O[C@H]1[C@@H](OCc2ccccc2)[C@@H](OP(=O)(Oc2ccccc2)Oc2ccccc2)[C@H](OCc2ccccc2)[C@@H](O)[C@@H]1OCc1ccccc1)OC(=O)CCCCCCC. The summed E-state index contributed by atoms with van der Waals surface area (Å²) < 4.78 is 102. The van der Waals surface area contributed by atoms with Gasteiger partial charge in [0.25, 0.3) is 0 Å². The molecule has 0 spiro atoms. The van der Waals surface area contributed by atoms with Gasteiger partial charge < -0.3 is 37.8 Å². The molecule has 8 atom stereocenters. The van der Waals surface area contributed by atoms with Crippen LogP contribution in [-0.4, -0.2) is 73.0 Å². The van der Waals surface area contributed by atoms with Crippen LogP contribution in [0.1, 0.15) is 113 Å². The summed E-state index contributed by atoms with van der Waals surface area (Å²) in [5.74, 6) is -0.804. The molecule has 18 heteroatoms. The van der Waals surface area contributed by atoms with Gasteiger partial charge in [-0.2, -0.15) is 0 Å². The number of aliphatic hydroxyl groups is 1. The Morgan fingerprint density at radius 2 is 0.795 bits per heavy atom. The number of para-hydroxylation sites is 2. The largest absolute Gasteiger partial charge is 0.588 e. The number of aliphatic hydroxyl groups excluding tert-OH is 1. The molecule has 1 saturated carbocycles. The second-order valence-electron chi connectivity index (χ2n) is 20.3. The van der Waals surface area contributed by atoms with Gasteiger partial charge in [0.1, 0.15) is 54.7 Å². The molecule has 1 fully saturated rings. The van der Waals surface area contributed by atoms with E-state index in [1.165, 1.54) is 0 Å². The summed E-state index contributed by atoms with van der Waals surface area (Å²) in [4.78, 5) is 26.7. The number of phosphoric acid groups is 2. The van der Waals surface area contributed by atoms with E-state index in [1.54, 1.807) is 84.9 Å². The van der Waals surface area contributed by atoms with E-state index in [2.05, 4.69) is 13.8 Å². The van der Waals surface area contributed by atoms with Crippen molar-refractivity contribution in [3.8, 4) is 11.5 Å². The summed E-state index contributed by atoms with van der Waals surface area (Å²) >= 11 is 0. The maximum atomic E-state index is 16.0. The lowest BCUT2D eigenvalue weighted by molar-refractivity contribution is -0.255. The van der Waals surface area contributed by atoms with E-state index in [9.17, 15) is 14.7 Å². The summed E-state index contributed by atoms with van der Waals surface area (Å²) in [7, 11) is -9.96. The predicted octanol–water partition coefficient (Wildman–Crippen LogP) is 14.7. The van der Waals surface area contributed by atoms with Crippen molar-refractivity contribution in [3.05, 3.63) is 204 Å². The van der Waals surface area contributed by atoms with E-state index < -0.39 is 83.5 Å². The number of carbonyl (C=O) groups is 2. The van der Waals surface area contributed by atoms with Crippen LogP contribution in [0.25, 0.3) is 0 Å². The van der Waals surface area contributed by atoms with Crippen LogP contribution in [0.15, 0.2) is 182 Å². The molecule has 83 heavy (non-hydrogen) atoms. The molecule has 0 radical (unpaired) electrons. The Morgan fingerprint density at radius 1 is 0.422 bits per heavy atom. The second-order valence-corrected chi connectivity index (χ2v) is 23.4. The molecule has 16 nitrogen and oxygen atoms in total. The highest BCUT2D eigenvalue weighted by Gasteiger charge is 2.59. The Morgan fingerprint density at radius 3 is 1.23 bits per heavy atom.